The van der Waals surface area contributed by atoms with Crippen LogP contribution in [-0.2, 0) is 4.79 Å². The number of halogens is 3. The molecule has 0 atom stereocenters. The van der Waals surface area contributed by atoms with Crippen LogP contribution < -0.4 is 10.6 Å². The number of alkyl halides is 1. The average Bonchev–Trinajstić information content (AvgIpc) is 2.59. The summed E-state index contributed by atoms with van der Waals surface area (Å²) >= 11 is 7.97. The van der Waals surface area contributed by atoms with E-state index in [-0.39, 0.29) is 10.9 Å². The van der Waals surface area contributed by atoms with Gasteiger partial charge in [0.15, 0.2) is 0 Å². The van der Waals surface area contributed by atoms with Gasteiger partial charge in [-0.2, -0.15) is 0 Å². The lowest BCUT2D eigenvalue weighted by Crippen LogP contribution is -2.11. The van der Waals surface area contributed by atoms with E-state index < -0.39 is 5.82 Å². The number of hydrogen-bond acceptors (Lipinski definition) is 4. The molecule has 0 radical (unpaired) electrons. The fraction of sp³-hybridized carbons (Fsp3) is 0.118. The molecule has 0 saturated carbocycles. The van der Waals surface area contributed by atoms with E-state index in [4.69, 9.17) is 11.6 Å². The summed E-state index contributed by atoms with van der Waals surface area (Å²) in [7, 11) is 0. The van der Waals surface area contributed by atoms with Gasteiger partial charge in [-0.15, -0.1) is 0 Å². The number of benzene rings is 2. The molecule has 0 bridgehead atoms. The van der Waals surface area contributed by atoms with Gasteiger partial charge in [0.1, 0.15) is 18.0 Å². The molecule has 2 aromatic carbocycles. The molecular weight excluding hydrogens is 456 g/mol. The number of hydrogen-bond donors (Lipinski definition) is 2. The van der Waals surface area contributed by atoms with Crippen LogP contribution in [-0.4, -0.2) is 20.3 Å². The quantitative estimate of drug-likeness (QED) is 0.412. The number of aromatic nitrogens is 2. The highest BCUT2D eigenvalue weighted by molar-refractivity contribution is 14.1. The van der Waals surface area contributed by atoms with Crippen molar-refractivity contribution in [1.82, 2.24) is 9.97 Å². The first-order chi connectivity index (χ1) is 12.1. The lowest BCUT2D eigenvalue weighted by molar-refractivity contribution is -0.115. The van der Waals surface area contributed by atoms with Crippen LogP contribution in [0.25, 0.3) is 10.9 Å². The van der Waals surface area contributed by atoms with Crippen molar-refractivity contribution in [3.05, 3.63) is 53.6 Å². The van der Waals surface area contributed by atoms with Crippen molar-refractivity contribution in [2.24, 2.45) is 0 Å². The minimum Gasteiger partial charge on any atom is -0.340 e. The van der Waals surface area contributed by atoms with E-state index in [9.17, 15) is 9.18 Å². The van der Waals surface area contributed by atoms with Crippen molar-refractivity contribution >= 4 is 68.2 Å². The highest BCUT2D eigenvalue weighted by Crippen LogP contribution is 2.27. The molecule has 1 amide bonds. The summed E-state index contributed by atoms with van der Waals surface area (Å²) in [5.41, 5.74) is 1.99. The number of rotatable bonds is 5. The van der Waals surface area contributed by atoms with Gasteiger partial charge >= 0.3 is 0 Å². The van der Waals surface area contributed by atoms with Crippen LogP contribution in [0.5, 0.6) is 0 Å². The Morgan fingerprint density at radius 1 is 1.16 bits per heavy atom. The second-order valence-electron chi connectivity index (χ2n) is 5.20. The Morgan fingerprint density at radius 3 is 2.72 bits per heavy atom. The third-order valence-corrected chi connectivity index (χ3v) is 4.25. The van der Waals surface area contributed by atoms with Gasteiger partial charge in [-0.1, -0.05) is 34.2 Å². The van der Waals surface area contributed by atoms with Crippen molar-refractivity contribution < 1.29 is 9.18 Å². The zero-order chi connectivity index (χ0) is 17.8. The largest absolute Gasteiger partial charge is 0.340 e. The average molecular weight is 469 g/mol. The molecular formula is C17H13ClFIN4O. The molecule has 0 unspecified atom stereocenters. The number of anilines is 3. The Bertz CT molecular complexity index is 938. The predicted octanol–water partition coefficient (Wildman–Crippen LogP) is 4.93. The number of carbonyl (C=O) groups is 1. The van der Waals surface area contributed by atoms with Gasteiger partial charge < -0.3 is 10.6 Å². The first kappa shape index (κ1) is 17.8. The Hall–Kier alpha value is -2.00. The topological polar surface area (TPSA) is 66.9 Å². The number of fused-ring (bicyclic) bond motifs is 1. The number of amides is 1. The highest BCUT2D eigenvalue weighted by Gasteiger charge is 2.08. The van der Waals surface area contributed by atoms with Gasteiger partial charge in [0.05, 0.1) is 10.5 Å². The second kappa shape index (κ2) is 7.92. The summed E-state index contributed by atoms with van der Waals surface area (Å²) in [6.45, 7) is 0. The third kappa shape index (κ3) is 4.35. The van der Waals surface area contributed by atoms with Crippen molar-refractivity contribution in [1.29, 1.82) is 0 Å². The lowest BCUT2D eigenvalue weighted by atomic mass is 10.2. The molecule has 0 spiro atoms. The SMILES string of the molecule is O=C(CC[125I])Nc1ccc2ncnc(Nc3ccc(F)c(Cl)c3)c2c1. The first-order valence-electron chi connectivity index (χ1n) is 7.39. The van der Waals surface area contributed by atoms with Crippen LogP contribution in [0, 0.1) is 5.82 Å². The summed E-state index contributed by atoms with van der Waals surface area (Å²) in [6.07, 6.45) is 1.88. The fourth-order valence-corrected chi connectivity index (χ4v) is 2.92. The predicted molar refractivity (Wildman–Crippen MR) is 106 cm³/mol. The maximum atomic E-state index is 13.3. The molecule has 3 rings (SSSR count). The zero-order valence-corrected chi connectivity index (χ0v) is 15.8. The minimum absolute atomic E-state index is 0.0233. The maximum Gasteiger partial charge on any atom is 0.225 e. The molecule has 0 aliphatic heterocycles. The van der Waals surface area contributed by atoms with Crippen molar-refractivity contribution in [3.8, 4) is 0 Å². The normalized spacial score (nSPS) is 10.7. The van der Waals surface area contributed by atoms with Crippen LogP contribution in [0.15, 0.2) is 42.7 Å². The van der Waals surface area contributed by atoms with Crippen molar-refractivity contribution in [2.45, 2.75) is 6.42 Å². The molecule has 128 valence electrons. The molecule has 8 heteroatoms. The van der Waals surface area contributed by atoms with Crippen molar-refractivity contribution in [3.63, 3.8) is 0 Å². The Morgan fingerprint density at radius 2 is 1.96 bits per heavy atom. The van der Waals surface area contributed by atoms with Crippen molar-refractivity contribution in [2.75, 3.05) is 15.1 Å². The summed E-state index contributed by atoms with van der Waals surface area (Å²) in [6, 6.07) is 9.73. The van der Waals surface area contributed by atoms with Crippen LogP contribution in [0.1, 0.15) is 6.42 Å². The second-order valence-corrected chi connectivity index (χ2v) is 6.68. The third-order valence-electron chi connectivity index (χ3n) is 3.42. The van der Waals surface area contributed by atoms with Gasteiger partial charge in [-0.25, -0.2) is 14.4 Å². The van der Waals surface area contributed by atoms with Gasteiger partial charge in [-0.05, 0) is 36.4 Å². The standard InChI is InChI=1S/C17H13ClFIN4O/c18-13-8-11(1-3-14(13)19)24-17-12-7-10(23-16(25)5-6-20)2-4-15(12)21-9-22-17/h1-4,7-9H,5-6H2,(H,23,25)(H,21,22,24)/i20-2. The molecule has 0 fully saturated rings. The molecule has 0 aliphatic rings. The van der Waals surface area contributed by atoms with E-state index in [1.807, 2.05) is 0 Å². The van der Waals surface area contributed by atoms with E-state index in [1.165, 1.54) is 18.5 Å². The van der Waals surface area contributed by atoms with Crippen LogP contribution in [0.4, 0.5) is 21.6 Å². The summed E-state index contributed by atoms with van der Waals surface area (Å²) in [5.74, 6) is 0.00288. The van der Waals surface area contributed by atoms with Gasteiger partial charge in [0, 0.05) is 27.6 Å². The molecule has 1 aromatic heterocycles. The molecule has 1 heterocycles. The molecule has 2 N–H and O–H groups in total. The summed E-state index contributed by atoms with van der Waals surface area (Å²) in [4.78, 5) is 20.2. The van der Waals surface area contributed by atoms with Crippen LogP contribution >= 0.6 is 34.2 Å². The minimum atomic E-state index is -0.486. The lowest BCUT2D eigenvalue weighted by Gasteiger charge is -2.10. The molecule has 5 nitrogen and oxygen atoms in total. The van der Waals surface area contributed by atoms with Crippen LogP contribution in [0.2, 0.25) is 5.02 Å². The molecule has 0 saturated heterocycles. The number of nitrogens with zero attached hydrogens (tertiary/aromatic N) is 2. The zero-order valence-electron chi connectivity index (χ0n) is 12.9. The number of carbonyl (C=O) groups excluding carboxylic acids is 1. The van der Waals surface area contributed by atoms with E-state index >= 15 is 0 Å². The first-order valence-corrected chi connectivity index (χ1v) is 9.30. The maximum absolute atomic E-state index is 13.3. The number of nitrogens with one attached hydrogen (secondary N) is 2. The van der Waals surface area contributed by atoms with Gasteiger partial charge in [-0.3, -0.25) is 4.79 Å². The van der Waals surface area contributed by atoms with Crippen LogP contribution in [0.3, 0.4) is 0 Å². The monoisotopic (exact) mass is 468 g/mol. The smallest absolute Gasteiger partial charge is 0.225 e. The Balaban J connectivity index is 1.94. The molecule has 0 aliphatic carbocycles. The Kier molecular flexibility index (Phi) is 5.64. The molecule has 25 heavy (non-hydrogen) atoms. The van der Waals surface area contributed by atoms with E-state index in [0.717, 1.165) is 15.3 Å². The van der Waals surface area contributed by atoms with E-state index in [1.54, 1.807) is 24.3 Å². The molecule has 3 aromatic rings. The highest BCUT2D eigenvalue weighted by atomic mass is 125. The summed E-state index contributed by atoms with van der Waals surface area (Å²) < 4.78 is 14.1. The Labute approximate surface area is 162 Å². The van der Waals surface area contributed by atoms with E-state index in [0.29, 0.717) is 23.6 Å². The van der Waals surface area contributed by atoms with Gasteiger partial charge in [0.2, 0.25) is 5.91 Å². The van der Waals surface area contributed by atoms with Gasteiger partial charge in [0.25, 0.3) is 0 Å². The summed E-state index contributed by atoms with van der Waals surface area (Å²) in [5, 5.41) is 6.70. The van der Waals surface area contributed by atoms with E-state index in [2.05, 4.69) is 43.2 Å². The fourth-order valence-electron chi connectivity index (χ4n) is 2.25.